The number of aromatic nitrogens is 1. The third kappa shape index (κ3) is 4.35. The summed E-state index contributed by atoms with van der Waals surface area (Å²) in [7, 11) is 0. The molecule has 6 nitrogen and oxygen atoms in total. The zero-order chi connectivity index (χ0) is 19.3. The van der Waals surface area contributed by atoms with Crippen LogP contribution >= 0.6 is 0 Å². The molecule has 2 N–H and O–H groups in total. The van der Waals surface area contributed by atoms with Gasteiger partial charge in [0.05, 0.1) is 16.8 Å². The van der Waals surface area contributed by atoms with Gasteiger partial charge in [-0.15, -0.1) is 0 Å². The lowest BCUT2D eigenvalue weighted by atomic mass is 10.1. The SMILES string of the molecule is O=C(Nc1ccccc1C(=O)NC1CC1)c1ccc(Oc2ccccc2)nc1. The summed E-state index contributed by atoms with van der Waals surface area (Å²) < 4.78 is 5.63. The van der Waals surface area contributed by atoms with Crippen molar-refractivity contribution in [3.05, 3.63) is 84.1 Å². The van der Waals surface area contributed by atoms with E-state index in [2.05, 4.69) is 15.6 Å². The molecular weight excluding hydrogens is 354 g/mol. The van der Waals surface area contributed by atoms with Crippen molar-refractivity contribution in [1.29, 1.82) is 0 Å². The highest BCUT2D eigenvalue weighted by Gasteiger charge is 2.25. The first-order chi connectivity index (χ1) is 13.7. The predicted molar refractivity (Wildman–Crippen MR) is 106 cm³/mol. The molecule has 0 saturated heterocycles. The number of anilines is 1. The molecular formula is C22H19N3O3. The van der Waals surface area contributed by atoms with Crippen LogP contribution in [0.15, 0.2) is 72.9 Å². The molecule has 3 aromatic rings. The molecule has 2 amide bonds. The maximum atomic E-state index is 12.6. The van der Waals surface area contributed by atoms with Crippen molar-refractivity contribution in [2.45, 2.75) is 18.9 Å². The van der Waals surface area contributed by atoms with Gasteiger partial charge in [-0.1, -0.05) is 30.3 Å². The largest absolute Gasteiger partial charge is 0.439 e. The Morgan fingerprint density at radius 3 is 2.36 bits per heavy atom. The first-order valence-corrected chi connectivity index (χ1v) is 9.09. The quantitative estimate of drug-likeness (QED) is 0.684. The molecule has 0 aliphatic heterocycles. The van der Waals surface area contributed by atoms with Crippen molar-refractivity contribution in [2.75, 3.05) is 5.32 Å². The Bertz CT molecular complexity index is 983. The van der Waals surface area contributed by atoms with Crippen LogP contribution < -0.4 is 15.4 Å². The minimum absolute atomic E-state index is 0.178. The van der Waals surface area contributed by atoms with E-state index in [9.17, 15) is 9.59 Å². The Balaban J connectivity index is 1.44. The van der Waals surface area contributed by atoms with Gasteiger partial charge in [0.1, 0.15) is 5.75 Å². The van der Waals surface area contributed by atoms with Crippen molar-refractivity contribution < 1.29 is 14.3 Å². The number of rotatable bonds is 6. The van der Waals surface area contributed by atoms with E-state index in [1.807, 2.05) is 30.3 Å². The molecule has 1 aromatic heterocycles. The van der Waals surface area contributed by atoms with Gasteiger partial charge in [0.2, 0.25) is 5.88 Å². The highest BCUT2D eigenvalue weighted by atomic mass is 16.5. The number of para-hydroxylation sites is 2. The maximum absolute atomic E-state index is 12.6. The van der Waals surface area contributed by atoms with Crippen LogP contribution in [0.2, 0.25) is 0 Å². The summed E-state index contributed by atoms with van der Waals surface area (Å²) >= 11 is 0. The fourth-order valence-corrected chi connectivity index (χ4v) is 2.66. The number of carbonyl (C=O) groups excluding carboxylic acids is 2. The predicted octanol–water partition coefficient (Wildman–Crippen LogP) is 4.02. The van der Waals surface area contributed by atoms with E-state index in [4.69, 9.17) is 4.74 Å². The van der Waals surface area contributed by atoms with Crippen LogP contribution in [0.25, 0.3) is 0 Å². The normalized spacial score (nSPS) is 12.9. The molecule has 2 aromatic carbocycles. The van der Waals surface area contributed by atoms with Crippen LogP contribution in [0, 0.1) is 0 Å². The Morgan fingerprint density at radius 1 is 0.893 bits per heavy atom. The van der Waals surface area contributed by atoms with Crippen LogP contribution in [-0.4, -0.2) is 22.8 Å². The molecule has 28 heavy (non-hydrogen) atoms. The number of hydrogen-bond donors (Lipinski definition) is 2. The van der Waals surface area contributed by atoms with E-state index in [0.29, 0.717) is 28.4 Å². The van der Waals surface area contributed by atoms with Crippen molar-refractivity contribution in [3.63, 3.8) is 0 Å². The average molecular weight is 373 g/mol. The molecule has 0 radical (unpaired) electrons. The molecule has 0 unspecified atom stereocenters. The lowest BCUT2D eigenvalue weighted by Crippen LogP contribution is -2.27. The number of pyridine rings is 1. The second kappa shape index (κ2) is 7.92. The minimum atomic E-state index is -0.342. The lowest BCUT2D eigenvalue weighted by molar-refractivity contribution is 0.0952. The zero-order valence-corrected chi connectivity index (χ0v) is 15.1. The first kappa shape index (κ1) is 17.7. The summed E-state index contributed by atoms with van der Waals surface area (Å²) in [6, 6.07) is 19.8. The smallest absolute Gasteiger partial charge is 0.257 e. The number of nitrogens with zero attached hydrogens (tertiary/aromatic N) is 1. The van der Waals surface area contributed by atoms with Crippen LogP contribution in [-0.2, 0) is 0 Å². The molecule has 1 fully saturated rings. The molecule has 1 aliphatic rings. The van der Waals surface area contributed by atoms with Gasteiger partial charge in [-0.05, 0) is 43.2 Å². The molecule has 0 atom stereocenters. The van der Waals surface area contributed by atoms with Crippen molar-refractivity contribution in [2.24, 2.45) is 0 Å². The fraction of sp³-hybridized carbons (Fsp3) is 0.136. The van der Waals surface area contributed by atoms with Gasteiger partial charge in [-0.2, -0.15) is 0 Å². The van der Waals surface area contributed by atoms with E-state index >= 15 is 0 Å². The van der Waals surface area contributed by atoms with Crippen LogP contribution in [0.3, 0.4) is 0 Å². The summed E-state index contributed by atoms with van der Waals surface area (Å²) in [4.78, 5) is 29.1. The number of nitrogens with one attached hydrogen (secondary N) is 2. The summed E-state index contributed by atoms with van der Waals surface area (Å²) in [6.07, 6.45) is 3.45. The third-order valence-electron chi connectivity index (χ3n) is 4.30. The van der Waals surface area contributed by atoms with Gasteiger partial charge in [0, 0.05) is 18.3 Å². The third-order valence-corrected chi connectivity index (χ3v) is 4.30. The van der Waals surface area contributed by atoms with Gasteiger partial charge in [0.25, 0.3) is 11.8 Å². The Morgan fingerprint density at radius 2 is 1.64 bits per heavy atom. The first-order valence-electron chi connectivity index (χ1n) is 9.09. The van der Waals surface area contributed by atoms with Crippen LogP contribution in [0.1, 0.15) is 33.6 Å². The molecule has 140 valence electrons. The monoisotopic (exact) mass is 373 g/mol. The maximum Gasteiger partial charge on any atom is 0.257 e. The van der Waals surface area contributed by atoms with E-state index in [-0.39, 0.29) is 17.9 Å². The summed E-state index contributed by atoms with van der Waals surface area (Å²) in [5.41, 5.74) is 1.29. The Kier molecular flexibility index (Phi) is 5.01. The van der Waals surface area contributed by atoms with Gasteiger partial charge in [-0.25, -0.2) is 4.98 Å². The van der Waals surface area contributed by atoms with Crippen LogP contribution in [0.5, 0.6) is 11.6 Å². The van der Waals surface area contributed by atoms with Crippen molar-refractivity contribution >= 4 is 17.5 Å². The molecule has 1 heterocycles. The zero-order valence-electron chi connectivity index (χ0n) is 15.1. The molecule has 0 bridgehead atoms. The Labute approximate surface area is 162 Å². The molecule has 0 spiro atoms. The fourth-order valence-electron chi connectivity index (χ4n) is 2.66. The second-order valence-electron chi connectivity index (χ2n) is 6.55. The number of carbonyl (C=O) groups is 2. The van der Waals surface area contributed by atoms with Crippen LogP contribution in [0.4, 0.5) is 5.69 Å². The van der Waals surface area contributed by atoms with E-state index < -0.39 is 0 Å². The van der Waals surface area contributed by atoms with Gasteiger partial charge >= 0.3 is 0 Å². The summed E-state index contributed by atoms with van der Waals surface area (Å²) in [5.74, 6) is 0.545. The van der Waals surface area contributed by atoms with E-state index in [1.54, 1.807) is 36.4 Å². The highest BCUT2D eigenvalue weighted by molar-refractivity contribution is 6.09. The van der Waals surface area contributed by atoms with Crippen molar-refractivity contribution in [1.82, 2.24) is 10.3 Å². The summed E-state index contributed by atoms with van der Waals surface area (Å²) in [6.45, 7) is 0. The number of benzene rings is 2. The molecule has 4 rings (SSSR count). The van der Waals surface area contributed by atoms with Crippen molar-refractivity contribution in [3.8, 4) is 11.6 Å². The van der Waals surface area contributed by atoms with E-state index in [1.165, 1.54) is 6.20 Å². The molecule has 6 heteroatoms. The standard InChI is InChI=1S/C22H19N3O3/c26-21(15-10-13-20(23-14-15)28-17-6-2-1-3-7-17)25-19-9-5-4-8-18(19)22(27)24-16-11-12-16/h1-10,13-14,16H,11-12H2,(H,24,27)(H,25,26). The Hall–Kier alpha value is -3.67. The lowest BCUT2D eigenvalue weighted by Gasteiger charge is -2.11. The van der Waals surface area contributed by atoms with Gasteiger partial charge in [-0.3, -0.25) is 9.59 Å². The minimum Gasteiger partial charge on any atom is -0.439 e. The number of amides is 2. The second-order valence-corrected chi connectivity index (χ2v) is 6.55. The number of hydrogen-bond acceptors (Lipinski definition) is 4. The topological polar surface area (TPSA) is 80.3 Å². The van der Waals surface area contributed by atoms with E-state index in [0.717, 1.165) is 12.8 Å². The number of ether oxygens (including phenoxy) is 1. The highest BCUT2D eigenvalue weighted by Crippen LogP contribution is 2.22. The summed E-state index contributed by atoms with van der Waals surface area (Å²) in [5, 5.41) is 5.73. The molecule has 1 saturated carbocycles. The molecule has 1 aliphatic carbocycles. The van der Waals surface area contributed by atoms with Gasteiger partial charge in [0.15, 0.2) is 0 Å². The van der Waals surface area contributed by atoms with Gasteiger partial charge < -0.3 is 15.4 Å². The average Bonchev–Trinajstić information content (AvgIpc) is 3.53.